The molecule has 1 aromatic carbocycles. The molecule has 0 spiro atoms. The Kier molecular flexibility index (Phi) is 4.50. The van der Waals surface area contributed by atoms with E-state index < -0.39 is 23.6 Å². The zero-order valence-corrected chi connectivity index (χ0v) is 14.7. The molecule has 8 nitrogen and oxygen atoms in total. The van der Waals surface area contributed by atoms with Crippen molar-refractivity contribution < 1.29 is 33.3 Å². The SMILES string of the molecule is COC(=O)[C@@H]1Oc2cc(C)oc(=O)c2[C@H]1c1cc(OC)c(O)c(OC)c1. The fourth-order valence-electron chi connectivity index (χ4n) is 3.06. The molecule has 0 saturated carbocycles. The van der Waals surface area contributed by atoms with Gasteiger partial charge in [-0.05, 0) is 24.6 Å². The van der Waals surface area contributed by atoms with Gasteiger partial charge in [-0.15, -0.1) is 0 Å². The first-order valence-electron chi connectivity index (χ1n) is 7.75. The molecular formula is C18H18O8. The largest absolute Gasteiger partial charge is 0.502 e. The molecule has 2 aromatic rings. The molecule has 1 N–H and O–H groups in total. The minimum atomic E-state index is -1.08. The standard InChI is InChI=1S/C18H18O8/c1-8-5-10-14(17(20)25-8)13(16(26-10)18(21)24-4)9-6-11(22-2)15(19)12(7-9)23-3/h5-7,13,16,19H,1-4H3/t13-,16-/m1/s1. The predicted octanol–water partition coefficient (Wildman–Crippen LogP) is 1.74. The van der Waals surface area contributed by atoms with Crippen LogP contribution in [0.25, 0.3) is 0 Å². The van der Waals surface area contributed by atoms with E-state index in [2.05, 4.69) is 0 Å². The van der Waals surface area contributed by atoms with Gasteiger partial charge in [0, 0.05) is 6.07 Å². The monoisotopic (exact) mass is 362 g/mol. The Labute approximate surface area is 148 Å². The highest BCUT2D eigenvalue weighted by Gasteiger charge is 2.44. The Morgan fingerprint density at radius 1 is 1.12 bits per heavy atom. The van der Waals surface area contributed by atoms with Gasteiger partial charge in [0.15, 0.2) is 11.5 Å². The molecule has 0 amide bonds. The first-order chi connectivity index (χ1) is 12.4. The molecule has 0 unspecified atom stereocenters. The number of methoxy groups -OCH3 is 3. The molecular weight excluding hydrogens is 344 g/mol. The molecule has 138 valence electrons. The van der Waals surface area contributed by atoms with Gasteiger partial charge in [-0.2, -0.15) is 0 Å². The highest BCUT2D eigenvalue weighted by atomic mass is 16.6. The van der Waals surface area contributed by atoms with E-state index in [1.807, 2.05) is 0 Å². The first-order valence-corrected chi connectivity index (χ1v) is 7.75. The van der Waals surface area contributed by atoms with Crippen molar-refractivity contribution in [2.45, 2.75) is 18.9 Å². The number of phenols is 1. The van der Waals surface area contributed by atoms with Crippen molar-refractivity contribution in [3.05, 3.63) is 45.5 Å². The summed E-state index contributed by atoms with van der Waals surface area (Å²) in [5.74, 6) is -0.764. The zero-order valence-electron chi connectivity index (χ0n) is 14.7. The lowest BCUT2D eigenvalue weighted by Gasteiger charge is -2.19. The normalized spacial score (nSPS) is 18.0. The quantitative estimate of drug-likeness (QED) is 0.820. The van der Waals surface area contributed by atoms with Crippen LogP contribution in [0.1, 0.15) is 22.8 Å². The zero-order chi connectivity index (χ0) is 19.0. The molecule has 2 atom stereocenters. The fraction of sp³-hybridized carbons (Fsp3) is 0.333. The van der Waals surface area contributed by atoms with Gasteiger partial charge in [0.05, 0.1) is 32.8 Å². The smallest absolute Gasteiger partial charge is 0.348 e. The molecule has 1 aromatic heterocycles. The fourth-order valence-corrected chi connectivity index (χ4v) is 3.06. The molecule has 2 heterocycles. The van der Waals surface area contributed by atoms with E-state index in [4.69, 9.17) is 23.4 Å². The number of carbonyl (C=O) groups excluding carboxylic acids is 1. The summed E-state index contributed by atoms with van der Waals surface area (Å²) in [5.41, 5.74) is 0.0602. The number of fused-ring (bicyclic) bond motifs is 1. The first kappa shape index (κ1) is 17.7. The molecule has 1 aliphatic heterocycles. The van der Waals surface area contributed by atoms with E-state index in [9.17, 15) is 14.7 Å². The number of hydrogen-bond acceptors (Lipinski definition) is 8. The van der Waals surface area contributed by atoms with E-state index in [1.54, 1.807) is 13.0 Å². The maximum absolute atomic E-state index is 12.4. The van der Waals surface area contributed by atoms with Crippen LogP contribution in [0.15, 0.2) is 27.4 Å². The van der Waals surface area contributed by atoms with Gasteiger partial charge in [0.25, 0.3) is 0 Å². The van der Waals surface area contributed by atoms with Crippen molar-refractivity contribution in [3.63, 3.8) is 0 Å². The Hall–Kier alpha value is -3.16. The van der Waals surface area contributed by atoms with E-state index in [1.165, 1.54) is 33.5 Å². The van der Waals surface area contributed by atoms with Crippen LogP contribution >= 0.6 is 0 Å². The lowest BCUT2D eigenvalue weighted by Crippen LogP contribution is -2.31. The number of aromatic hydroxyl groups is 1. The van der Waals surface area contributed by atoms with Crippen molar-refractivity contribution in [1.82, 2.24) is 0 Å². The van der Waals surface area contributed by atoms with Gasteiger partial charge in [-0.3, -0.25) is 0 Å². The van der Waals surface area contributed by atoms with Gasteiger partial charge >= 0.3 is 11.6 Å². The van der Waals surface area contributed by atoms with Crippen LogP contribution in [0.4, 0.5) is 0 Å². The summed E-state index contributed by atoms with van der Waals surface area (Å²) in [4.78, 5) is 24.7. The number of phenolic OH excluding ortho intramolecular Hbond substituents is 1. The molecule has 0 aliphatic carbocycles. The van der Waals surface area contributed by atoms with Crippen LogP contribution in [0.3, 0.4) is 0 Å². The third-order valence-corrected chi connectivity index (χ3v) is 4.24. The van der Waals surface area contributed by atoms with E-state index >= 15 is 0 Å². The number of esters is 1. The van der Waals surface area contributed by atoms with Gasteiger partial charge in [-0.25, -0.2) is 9.59 Å². The minimum absolute atomic E-state index is 0.132. The highest BCUT2D eigenvalue weighted by Crippen LogP contribution is 2.46. The molecule has 0 fully saturated rings. The molecule has 3 rings (SSSR count). The third-order valence-electron chi connectivity index (χ3n) is 4.24. The van der Waals surface area contributed by atoms with Crippen LogP contribution in [0.5, 0.6) is 23.0 Å². The van der Waals surface area contributed by atoms with Crippen LogP contribution in [0, 0.1) is 6.92 Å². The number of benzene rings is 1. The minimum Gasteiger partial charge on any atom is -0.502 e. The van der Waals surface area contributed by atoms with Crippen LogP contribution in [0.2, 0.25) is 0 Å². The molecule has 0 saturated heterocycles. The summed E-state index contributed by atoms with van der Waals surface area (Å²) >= 11 is 0. The summed E-state index contributed by atoms with van der Waals surface area (Å²) in [5, 5.41) is 10.1. The Bertz CT molecular complexity index is 889. The summed E-state index contributed by atoms with van der Waals surface area (Å²) in [6.45, 7) is 1.61. The number of ether oxygens (including phenoxy) is 4. The predicted molar refractivity (Wildman–Crippen MR) is 89.2 cm³/mol. The van der Waals surface area contributed by atoms with Crippen molar-refractivity contribution in [2.75, 3.05) is 21.3 Å². The topological polar surface area (TPSA) is 104 Å². The average Bonchev–Trinajstić information content (AvgIpc) is 3.00. The number of aryl methyl sites for hydroxylation is 1. The van der Waals surface area contributed by atoms with E-state index in [0.29, 0.717) is 11.3 Å². The van der Waals surface area contributed by atoms with E-state index in [-0.39, 0.29) is 28.6 Å². The van der Waals surface area contributed by atoms with Crippen LogP contribution in [-0.4, -0.2) is 38.5 Å². The second-order valence-corrected chi connectivity index (χ2v) is 5.74. The maximum Gasteiger partial charge on any atom is 0.348 e. The summed E-state index contributed by atoms with van der Waals surface area (Å²) in [6, 6.07) is 4.56. The highest BCUT2D eigenvalue weighted by molar-refractivity contribution is 5.79. The van der Waals surface area contributed by atoms with E-state index in [0.717, 1.165) is 0 Å². The van der Waals surface area contributed by atoms with Crippen LogP contribution in [-0.2, 0) is 9.53 Å². The van der Waals surface area contributed by atoms with Crippen LogP contribution < -0.4 is 19.8 Å². The second-order valence-electron chi connectivity index (χ2n) is 5.74. The average molecular weight is 362 g/mol. The summed E-state index contributed by atoms with van der Waals surface area (Å²) in [6.07, 6.45) is -1.08. The molecule has 8 heteroatoms. The molecule has 26 heavy (non-hydrogen) atoms. The third kappa shape index (κ3) is 2.73. The number of rotatable bonds is 4. The number of hydrogen-bond donors (Lipinski definition) is 1. The van der Waals surface area contributed by atoms with Crippen molar-refractivity contribution >= 4 is 5.97 Å². The van der Waals surface area contributed by atoms with Crippen molar-refractivity contribution in [3.8, 4) is 23.0 Å². The number of carbonyl (C=O) groups is 1. The lowest BCUT2D eigenvalue weighted by molar-refractivity contribution is -0.148. The van der Waals surface area contributed by atoms with Gasteiger partial charge in [-0.1, -0.05) is 0 Å². The molecule has 1 aliphatic rings. The second kappa shape index (κ2) is 6.62. The van der Waals surface area contributed by atoms with Crippen molar-refractivity contribution in [2.24, 2.45) is 0 Å². The Morgan fingerprint density at radius 3 is 2.27 bits per heavy atom. The van der Waals surface area contributed by atoms with Crippen molar-refractivity contribution in [1.29, 1.82) is 0 Å². The molecule has 0 radical (unpaired) electrons. The lowest BCUT2D eigenvalue weighted by atomic mass is 9.88. The Balaban J connectivity index is 2.24. The van der Waals surface area contributed by atoms with Gasteiger partial charge in [0.2, 0.25) is 11.9 Å². The Morgan fingerprint density at radius 2 is 1.73 bits per heavy atom. The summed E-state index contributed by atoms with van der Waals surface area (Å²) in [7, 11) is 4.00. The maximum atomic E-state index is 12.4. The molecule has 0 bridgehead atoms. The summed E-state index contributed by atoms with van der Waals surface area (Å²) < 4.78 is 26.0. The van der Waals surface area contributed by atoms with Gasteiger partial charge in [0.1, 0.15) is 11.5 Å². The van der Waals surface area contributed by atoms with Gasteiger partial charge < -0.3 is 28.5 Å².